The molecule has 13 heavy (non-hydrogen) atoms. The SMILES string of the molecule is C=C(CC)CNC(C)C(CC)CC. The summed E-state index contributed by atoms with van der Waals surface area (Å²) in [5.41, 5.74) is 1.30. The van der Waals surface area contributed by atoms with Gasteiger partial charge in [0.1, 0.15) is 0 Å². The summed E-state index contributed by atoms with van der Waals surface area (Å²) in [4.78, 5) is 0. The van der Waals surface area contributed by atoms with E-state index in [2.05, 4.69) is 39.6 Å². The molecule has 0 bridgehead atoms. The second-order valence-corrected chi connectivity index (χ2v) is 3.85. The molecule has 0 aromatic heterocycles. The Morgan fingerprint density at radius 2 is 1.77 bits per heavy atom. The van der Waals surface area contributed by atoms with Crippen molar-refractivity contribution in [3.8, 4) is 0 Å². The maximum Gasteiger partial charge on any atom is 0.0164 e. The largest absolute Gasteiger partial charge is 0.310 e. The van der Waals surface area contributed by atoms with Gasteiger partial charge in [-0.1, -0.05) is 45.8 Å². The highest BCUT2D eigenvalue weighted by molar-refractivity contribution is 4.95. The molecule has 0 amide bonds. The highest BCUT2D eigenvalue weighted by Crippen LogP contribution is 2.12. The number of hydrogen-bond donors (Lipinski definition) is 1. The Balaban J connectivity index is 3.71. The Morgan fingerprint density at radius 3 is 2.15 bits per heavy atom. The highest BCUT2D eigenvalue weighted by Gasteiger charge is 2.11. The minimum atomic E-state index is 0.623. The van der Waals surface area contributed by atoms with Gasteiger partial charge < -0.3 is 5.32 Å². The lowest BCUT2D eigenvalue weighted by Gasteiger charge is -2.22. The van der Waals surface area contributed by atoms with Gasteiger partial charge in [-0.15, -0.1) is 0 Å². The molecule has 0 radical (unpaired) electrons. The van der Waals surface area contributed by atoms with E-state index in [1.54, 1.807) is 0 Å². The van der Waals surface area contributed by atoms with Crippen molar-refractivity contribution in [1.82, 2.24) is 5.32 Å². The van der Waals surface area contributed by atoms with Gasteiger partial charge in [-0.2, -0.15) is 0 Å². The molecular formula is C12H25N. The zero-order valence-electron chi connectivity index (χ0n) is 9.69. The number of hydrogen-bond acceptors (Lipinski definition) is 1. The van der Waals surface area contributed by atoms with Crippen LogP contribution in [-0.4, -0.2) is 12.6 Å². The van der Waals surface area contributed by atoms with E-state index < -0.39 is 0 Å². The van der Waals surface area contributed by atoms with E-state index in [-0.39, 0.29) is 0 Å². The predicted octanol–water partition coefficient (Wildman–Crippen LogP) is 3.37. The summed E-state index contributed by atoms with van der Waals surface area (Å²) in [6, 6.07) is 0.623. The molecule has 0 saturated carbocycles. The number of nitrogens with one attached hydrogen (secondary N) is 1. The molecule has 0 aliphatic carbocycles. The van der Waals surface area contributed by atoms with Crippen LogP contribution in [0.4, 0.5) is 0 Å². The Hall–Kier alpha value is -0.300. The van der Waals surface area contributed by atoms with Crippen LogP contribution >= 0.6 is 0 Å². The van der Waals surface area contributed by atoms with Crippen LogP contribution in [0.3, 0.4) is 0 Å². The summed E-state index contributed by atoms with van der Waals surface area (Å²) in [5.74, 6) is 0.810. The molecule has 0 aromatic carbocycles. The average Bonchev–Trinajstić information content (AvgIpc) is 2.16. The van der Waals surface area contributed by atoms with Crippen molar-refractivity contribution in [2.24, 2.45) is 5.92 Å². The van der Waals surface area contributed by atoms with Gasteiger partial charge in [0.25, 0.3) is 0 Å². The maximum absolute atomic E-state index is 3.99. The Bertz CT molecular complexity index is 136. The van der Waals surface area contributed by atoms with E-state index in [1.165, 1.54) is 18.4 Å². The van der Waals surface area contributed by atoms with Gasteiger partial charge in [0.15, 0.2) is 0 Å². The molecular weight excluding hydrogens is 158 g/mol. The van der Waals surface area contributed by atoms with Gasteiger partial charge in [0, 0.05) is 12.6 Å². The molecule has 1 heteroatoms. The molecule has 78 valence electrons. The predicted molar refractivity (Wildman–Crippen MR) is 61.0 cm³/mol. The molecule has 0 fully saturated rings. The summed E-state index contributed by atoms with van der Waals surface area (Å²) >= 11 is 0. The fourth-order valence-corrected chi connectivity index (χ4v) is 1.59. The van der Waals surface area contributed by atoms with Crippen molar-refractivity contribution in [3.05, 3.63) is 12.2 Å². The summed E-state index contributed by atoms with van der Waals surface area (Å²) < 4.78 is 0. The minimum absolute atomic E-state index is 0.623. The molecule has 0 aliphatic rings. The third-order valence-corrected chi connectivity index (χ3v) is 2.93. The zero-order valence-corrected chi connectivity index (χ0v) is 9.69. The fraction of sp³-hybridized carbons (Fsp3) is 0.833. The van der Waals surface area contributed by atoms with Crippen molar-refractivity contribution in [1.29, 1.82) is 0 Å². The van der Waals surface area contributed by atoms with Gasteiger partial charge in [-0.3, -0.25) is 0 Å². The van der Waals surface area contributed by atoms with Crippen LogP contribution < -0.4 is 5.32 Å². The lowest BCUT2D eigenvalue weighted by Crippen LogP contribution is -2.34. The summed E-state index contributed by atoms with van der Waals surface area (Å²) in [5, 5.41) is 3.54. The van der Waals surface area contributed by atoms with Crippen LogP contribution in [0.2, 0.25) is 0 Å². The van der Waals surface area contributed by atoms with Crippen LogP contribution in [0, 0.1) is 5.92 Å². The molecule has 0 heterocycles. The minimum Gasteiger partial charge on any atom is -0.310 e. The molecule has 0 rings (SSSR count). The van der Waals surface area contributed by atoms with Crippen molar-refractivity contribution in [2.75, 3.05) is 6.54 Å². The third kappa shape index (κ3) is 5.09. The van der Waals surface area contributed by atoms with Gasteiger partial charge in [0.05, 0.1) is 0 Å². The van der Waals surface area contributed by atoms with Crippen LogP contribution in [0.1, 0.15) is 47.0 Å². The average molecular weight is 183 g/mol. The maximum atomic E-state index is 3.99. The van der Waals surface area contributed by atoms with Crippen molar-refractivity contribution in [2.45, 2.75) is 53.0 Å². The monoisotopic (exact) mass is 183 g/mol. The van der Waals surface area contributed by atoms with Gasteiger partial charge in [-0.25, -0.2) is 0 Å². The molecule has 1 nitrogen and oxygen atoms in total. The van der Waals surface area contributed by atoms with Crippen molar-refractivity contribution < 1.29 is 0 Å². The van der Waals surface area contributed by atoms with E-state index in [0.29, 0.717) is 6.04 Å². The van der Waals surface area contributed by atoms with Gasteiger partial charge in [0.2, 0.25) is 0 Å². The first kappa shape index (κ1) is 12.7. The third-order valence-electron chi connectivity index (χ3n) is 2.93. The molecule has 0 aromatic rings. The summed E-state index contributed by atoms with van der Waals surface area (Å²) in [6.45, 7) is 13.9. The second kappa shape index (κ2) is 7.14. The fourth-order valence-electron chi connectivity index (χ4n) is 1.59. The summed E-state index contributed by atoms with van der Waals surface area (Å²) in [6.07, 6.45) is 3.62. The van der Waals surface area contributed by atoms with Gasteiger partial charge in [-0.05, 0) is 19.3 Å². The van der Waals surface area contributed by atoms with Crippen LogP contribution in [0.25, 0.3) is 0 Å². The Labute approximate surface area is 83.6 Å². The second-order valence-electron chi connectivity index (χ2n) is 3.85. The summed E-state index contributed by atoms with van der Waals surface area (Å²) in [7, 11) is 0. The standard InChI is InChI=1S/C12H25N/c1-6-10(4)9-13-11(5)12(7-2)8-3/h11-13H,4,6-9H2,1-3,5H3. The highest BCUT2D eigenvalue weighted by atomic mass is 14.9. The van der Waals surface area contributed by atoms with E-state index in [1.807, 2.05) is 0 Å². The van der Waals surface area contributed by atoms with Crippen LogP contribution in [0.5, 0.6) is 0 Å². The number of rotatable bonds is 7. The first-order valence-electron chi connectivity index (χ1n) is 5.55. The lowest BCUT2D eigenvalue weighted by molar-refractivity contribution is 0.362. The lowest BCUT2D eigenvalue weighted by atomic mass is 9.95. The first-order valence-corrected chi connectivity index (χ1v) is 5.55. The quantitative estimate of drug-likeness (QED) is 0.597. The van der Waals surface area contributed by atoms with E-state index >= 15 is 0 Å². The van der Waals surface area contributed by atoms with Crippen LogP contribution in [-0.2, 0) is 0 Å². The smallest absolute Gasteiger partial charge is 0.0164 e. The Kier molecular flexibility index (Phi) is 6.97. The normalized spacial score (nSPS) is 13.3. The Morgan fingerprint density at radius 1 is 1.23 bits per heavy atom. The molecule has 0 spiro atoms. The van der Waals surface area contributed by atoms with Crippen LogP contribution in [0.15, 0.2) is 12.2 Å². The topological polar surface area (TPSA) is 12.0 Å². The zero-order chi connectivity index (χ0) is 10.3. The molecule has 1 unspecified atom stereocenters. The van der Waals surface area contributed by atoms with E-state index in [9.17, 15) is 0 Å². The molecule has 1 N–H and O–H groups in total. The van der Waals surface area contributed by atoms with Crippen molar-refractivity contribution in [3.63, 3.8) is 0 Å². The van der Waals surface area contributed by atoms with E-state index in [0.717, 1.165) is 18.9 Å². The van der Waals surface area contributed by atoms with E-state index in [4.69, 9.17) is 0 Å². The van der Waals surface area contributed by atoms with Gasteiger partial charge >= 0.3 is 0 Å². The van der Waals surface area contributed by atoms with Crippen molar-refractivity contribution >= 4 is 0 Å². The molecule has 0 saturated heterocycles. The first-order chi connectivity index (χ1) is 6.15. The molecule has 1 atom stereocenters. The molecule has 0 aliphatic heterocycles.